The summed E-state index contributed by atoms with van der Waals surface area (Å²) in [6.07, 6.45) is 1.03. The van der Waals surface area contributed by atoms with E-state index in [0.717, 1.165) is 36.8 Å². The topological polar surface area (TPSA) is 69.6 Å². The third-order valence-corrected chi connectivity index (χ3v) is 3.54. The van der Waals surface area contributed by atoms with E-state index in [1.165, 1.54) is 5.56 Å². The number of benzene rings is 1. The number of thioether (sulfide) groups is 1. The van der Waals surface area contributed by atoms with E-state index in [2.05, 4.69) is 27.7 Å². The molecule has 0 fully saturated rings. The minimum absolute atomic E-state index is 0.723. The molecule has 0 bridgehead atoms. The predicted octanol–water partition coefficient (Wildman–Crippen LogP) is 1.30. The Labute approximate surface area is 111 Å². The number of nitrogens with two attached hydrogens (primary N) is 1. The van der Waals surface area contributed by atoms with E-state index in [-0.39, 0.29) is 0 Å². The van der Waals surface area contributed by atoms with Gasteiger partial charge in [0.1, 0.15) is 0 Å². The van der Waals surface area contributed by atoms with Crippen molar-refractivity contribution in [2.75, 3.05) is 12.3 Å². The smallest absolute Gasteiger partial charge is 0.161 e. The molecule has 6 heteroatoms. The van der Waals surface area contributed by atoms with Crippen molar-refractivity contribution in [3.63, 3.8) is 0 Å². The van der Waals surface area contributed by atoms with Gasteiger partial charge in [-0.15, -0.1) is 5.10 Å². The van der Waals surface area contributed by atoms with Gasteiger partial charge >= 0.3 is 0 Å². The van der Waals surface area contributed by atoms with Crippen molar-refractivity contribution in [2.24, 2.45) is 5.73 Å². The quantitative estimate of drug-likeness (QED) is 0.763. The third-order valence-electron chi connectivity index (χ3n) is 2.51. The van der Waals surface area contributed by atoms with Gasteiger partial charge in [-0.2, -0.15) is 11.8 Å². The Bertz CT molecular complexity index is 457. The second-order valence-corrected chi connectivity index (χ2v) is 5.04. The van der Waals surface area contributed by atoms with Crippen molar-refractivity contribution in [3.8, 4) is 0 Å². The number of hydrogen-bond donors (Lipinski definition) is 1. The summed E-state index contributed by atoms with van der Waals surface area (Å²) in [7, 11) is 0. The average Bonchev–Trinajstić information content (AvgIpc) is 2.83. The van der Waals surface area contributed by atoms with Crippen molar-refractivity contribution in [3.05, 3.63) is 41.7 Å². The van der Waals surface area contributed by atoms with Crippen LogP contribution in [0.25, 0.3) is 0 Å². The number of aromatic nitrogens is 4. The average molecular weight is 263 g/mol. The van der Waals surface area contributed by atoms with E-state index in [0.29, 0.717) is 0 Å². The highest BCUT2D eigenvalue weighted by Crippen LogP contribution is 2.11. The Balaban J connectivity index is 1.91. The molecule has 0 radical (unpaired) electrons. The molecule has 1 aromatic carbocycles. The molecule has 96 valence electrons. The van der Waals surface area contributed by atoms with Gasteiger partial charge in [-0.25, -0.2) is 4.68 Å². The van der Waals surface area contributed by atoms with Gasteiger partial charge < -0.3 is 5.73 Å². The Morgan fingerprint density at radius 1 is 1.22 bits per heavy atom. The highest BCUT2D eigenvalue weighted by Gasteiger charge is 2.06. The summed E-state index contributed by atoms with van der Waals surface area (Å²) in [5.74, 6) is 2.80. The summed E-state index contributed by atoms with van der Waals surface area (Å²) in [6.45, 7) is 1.46. The second-order valence-electron chi connectivity index (χ2n) is 3.93. The normalized spacial score (nSPS) is 10.7. The highest BCUT2D eigenvalue weighted by atomic mass is 32.2. The summed E-state index contributed by atoms with van der Waals surface area (Å²) in [4.78, 5) is 0. The van der Waals surface area contributed by atoms with Crippen molar-refractivity contribution >= 4 is 11.8 Å². The fraction of sp³-hybridized carbons (Fsp3) is 0.417. The van der Waals surface area contributed by atoms with Crippen LogP contribution in [0.2, 0.25) is 0 Å². The first-order valence-electron chi connectivity index (χ1n) is 5.97. The lowest BCUT2D eigenvalue weighted by Crippen LogP contribution is -2.07. The molecule has 2 rings (SSSR count). The summed E-state index contributed by atoms with van der Waals surface area (Å²) >= 11 is 1.82. The summed E-state index contributed by atoms with van der Waals surface area (Å²) < 4.78 is 1.85. The molecule has 0 saturated carbocycles. The van der Waals surface area contributed by atoms with E-state index >= 15 is 0 Å². The van der Waals surface area contributed by atoms with Crippen LogP contribution in [0.3, 0.4) is 0 Å². The van der Waals surface area contributed by atoms with Crippen molar-refractivity contribution in [1.82, 2.24) is 20.2 Å². The first-order chi connectivity index (χ1) is 8.90. The SMILES string of the molecule is NCCCSCc1nnnn1Cc1ccccc1. The van der Waals surface area contributed by atoms with Crippen molar-refractivity contribution in [1.29, 1.82) is 0 Å². The molecule has 2 aromatic rings. The highest BCUT2D eigenvalue weighted by molar-refractivity contribution is 7.98. The molecule has 0 aliphatic rings. The molecule has 18 heavy (non-hydrogen) atoms. The molecule has 0 atom stereocenters. The van der Waals surface area contributed by atoms with Crippen LogP contribution in [0.15, 0.2) is 30.3 Å². The maximum absolute atomic E-state index is 5.46. The molecule has 5 nitrogen and oxygen atoms in total. The predicted molar refractivity (Wildman–Crippen MR) is 73.2 cm³/mol. The molecule has 0 aliphatic heterocycles. The summed E-state index contributed by atoms with van der Waals surface area (Å²) in [6, 6.07) is 10.2. The lowest BCUT2D eigenvalue weighted by atomic mass is 10.2. The van der Waals surface area contributed by atoms with E-state index in [1.54, 1.807) is 0 Å². The lowest BCUT2D eigenvalue weighted by Gasteiger charge is -2.04. The fourth-order valence-corrected chi connectivity index (χ4v) is 2.46. The van der Waals surface area contributed by atoms with E-state index in [9.17, 15) is 0 Å². The molecular formula is C12H17N5S. The standard InChI is InChI=1S/C12H17N5S/c13-7-4-8-18-10-12-14-15-16-17(12)9-11-5-2-1-3-6-11/h1-3,5-6H,4,7-10,13H2. The van der Waals surface area contributed by atoms with Gasteiger partial charge in [-0.1, -0.05) is 30.3 Å². The molecule has 0 saturated heterocycles. The zero-order valence-electron chi connectivity index (χ0n) is 10.2. The molecule has 0 amide bonds. The Kier molecular flexibility index (Phi) is 5.16. The molecule has 1 heterocycles. The van der Waals surface area contributed by atoms with Crippen LogP contribution in [0.1, 0.15) is 17.8 Å². The van der Waals surface area contributed by atoms with Gasteiger partial charge in [0.25, 0.3) is 0 Å². The zero-order chi connectivity index (χ0) is 12.6. The Hall–Kier alpha value is -1.40. The van der Waals surface area contributed by atoms with Gasteiger partial charge in [0.2, 0.25) is 0 Å². The first kappa shape index (κ1) is 13.0. The number of rotatable bonds is 7. The molecule has 2 N–H and O–H groups in total. The second kappa shape index (κ2) is 7.13. The van der Waals surface area contributed by atoms with Crippen LogP contribution in [0, 0.1) is 0 Å². The molecule has 0 unspecified atom stereocenters. The number of hydrogen-bond acceptors (Lipinski definition) is 5. The van der Waals surface area contributed by atoms with E-state index < -0.39 is 0 Å². The molecule has 0 spiro atoms. The van der Waals surface area contributed by atoms with Gasteiger partial charge in [-0.3, -0.25) is 0 Å². The monoisotopic (exact) mass is 263 g/mol. The van der Waals surface area contributed by atoms with E-state index in [4.69, 9.17) is 5.73 Å². The van der Waals surface area contributed by atoms with Crippen molar-refractivity contribution in [2.45, 2.75) is 18.7 Å². The van der Waals surface area contributed by atoms with Gasteiger partial charge in [0.05, 0.1) is 12.3 Å². The number of tetrazole rings is 1. The summed E-state index contributed by atoms with van der Waals surface area (Å²) in [5, 5.41) is 11.8. The van der Waals surface area contributed by atoms with Crippen LogP contribution in [0.4, 0.5) is 0 Å². The Morgan fingerprint density at radius 3 is 2.83 bits per heavy atom. The Morgan fingerprint density at radius 2 is 2.06 bits per heavy atom. The summed E-state index contributed by atoms with van der Waals surface area (Å²) in [5.41, 5.74) is 6.67. The maximum Gasteiger partial charge on any atom is 0.161 e. The van der Waals surface area contributed by atoms with Gasteiger partial charge in [0.15, 0.2) is 5.82 Å². The maximum atomic E-state index is 5.46. The van der Waals surface area contributed by atoms with Crippen LogP contribution >= 0.6 is 11.8 Å². The van der Waals surface area contributed by atoms with Crippen LogP contribution in [0.5, 0.6) is 0 Å². The largest absolute Gasteiger partial charge is 0.330 e. The lowest BCUT2D eigenvalue weighted by molar-refractivity contribution is 0.631. The fourth-order valence-electron chi connectivity index (χ4n) is 1.55. The number of nitrogens with zero attached hydrogens (tertiary/aromatic N) is 4. The van der Waals surface area contributed by atoms with E-state index in [1.807, 2.05) is 34.6 Å². The minimum atomic E-state index is 0.723. The molecule has 0 aliphatic carbocycles. The first-order valence-corrected chi connectivity index (χ1v) is 7.12. The van der Waals surface area contributed by atoms with Crippen LogP contribution in [-0.4, -0.2) is 32.5 Å². The van der Waals surface area contributed by atoms with Gasteiger partial charge in [0, 0.05) is 0 Å². The molecular weight excluding hydrogens is 246 g/mol. The van der Waals surface area contributed by atoms with Crippen LogP contribution in [-0.2, 0) is 12.3 Å². The van der Waals surface area contributed by atoms with Crippen molar-refractivity contribution < 1.29 is 0 Å². The zero-order valence-corrected chi connectivity index (χ0v) is 11.0. The third kappa shape index (κ3) is 3.82. The molecule has 1 aromatic heterocycles. The van der Waals surface area contributed by atoms with Gasteiger partial charge in [-0.05, 0) is 34.7 Å². The minimum Gasteiger partial charge on any atom is -0.330 e. The van der Waals surface area contributed by atoms with Crippen LogP contribution < -0.4 is 5.73 Å².